The summed E-state index contributed by atoms with van der Waals surface area (Å²) in [6, 6.07) is 0.309. The Hall–Kier alpha value is -1.65. The average Bonchev–Trinajstić information content (AvgIpc) is 2.26. The van der Waals surface area contributed by atoms with Crippen LogP contribution in [0.5, 0.6) is 0 Å². The van der Waals surface area contributed by atoms with E-state index in [4.69, 9.17) is 5.11 Å². The van der Waals surface area contributed by atoms with E-state index in [1.54, 1.807) is 0 Å². The van der Waals surface area contributed by atoms with E-state index < -0.39 is 5.97 Å². The molecule has 0 unspecified atom stereocenters. The summed E-state index contributed by atoms with van der Waals surface area (Å²) in [5, 5.41) is 11.9. The number of aromatic carboxylic acids is 1. The molecule has 0 spiro atoms. The molecular formula is C10H15N3O2. The summed E-state index contributed by atoms with van der Waals surface area (Å²) in [6.45, 7) is 4.13. The normalized spacial score (nSPS) is 10.3. The van der Waals surface area contributed by atoms with E-state index in [-0.39, 0.29) is 5.69 Å². The molecule has 5 heteroatoms. The Morgan fingerprint density at radius 3 is 2.67 bits per heavy atom. The van der Waals surface area contributed by atoms with E-state index in [2.05, 4.69) is 29.1 Å². The lowest BCUT2D eigenvalue weighted by Gasteiger charge is -2.14. The van der Waals surface area contributed by atoms with E-state index >= 15 is 0 Å². The number of hydrogen-bond donors (Lipinski definition) is 2. The lowest BCUT2D eigenvalue weighted by atomic mass is 10.2. The van der Waals surface area contributed by atoms with Crippen LogP contribution < -0.4 is 5.32 Å². The van der Waals surface area contributed by atoms with Crippen molar-refractivity contribution in [2.24, 2.45) is 0 Å². The van der Waals surface area contributed by atoms with Crippen LogP contribution in [0.4, 0.5) is 5.82 Å². The maximum Gasteiger partial charge on any atom is 0.356 e. The molecule has 0 saturated carbocycles. The van der Waals surface area contributed by atoms with E-state index in [1.165, 1.54) is 12.4 Å². The van der Waals surface area contributed by atoms with E-state index in [9.17, 15) is 4.79 Å². The van der Waals surface area contributed by atoms with Crippen LogP contribution in [-0.4, -0.2) is 27.1 Å². The Bertz CT molecular complexity index is 337. The molecule has 0 saturated heterocycles. The monoisotopic (exact) mass is 209 g/mol. The van der Waals surface area contributed by atoms with Crippen LogP contribution in [-0.2, 0) is 0 Å². The van der Waals surface area contributed by atoms with Crippen LogP contribution in [0.3, 0.4) is 0 Å². The van der Waals surface area contributed by atoms with Crippen molar-refractivity contribution in [3.63, 3.8) is 0 Å². The summed E-state index contributed by atoms with van der Waals surface area (Å²) in [6.07, 6.45) is 4.70. The highest BCUT2D eigenvalue weighted by molar-refractivity contribution is 5.85. The summed E-state index contributed by atoms with van der Waals surface area (Å²) in [4.78, 5) is 18.4. The molecule has 0 aliphatic rings. The van der Waals surface area contributed by atoms with Crippen LogP contribution in [0.25, 0.3) is 0 Å². The van der Waals surface area contributed by atoms with Gasteiger partial charge in [0, 0.05) is 6.04 Å². The zero-order chi connectivity index (χ0) is 11.3. The second kappa shape index (κ2) is 5.29. The van der Waals surface area contributed by atoms with Gasteiger partial charge in [0.1, 0.15) is 5.82 Å². The Labute approximate surface area is 88.6 Å². The van der Waals surface area contributed by atoms with Crippen LogP contribution in [0, 0.1) is 0 Å². The second-order valence-corrected chi connectivity index (χ2v) is 3.25. The number of hydrogen-bond acceptors (Lipinski definition) is 4. The summed E-state index contributed by atoms with van der Waals surface area (Å²) in [5.41, 5.74) is -0.0362. The summed E-state index contributed by atoms with van der Waals surface area (Å²) < 4.78 is 0. The number of aromatic nitrogens is 2. The van der Waals surface area contributed by atoms with E-state index in [1.807, 2.05) is 0 Å². The molecule has 1 aromatic heterocycles. The maximum absolute atomic E-state index is 10.6. The van der Waals surface area contributed by atoms with Crippen LogP contribution >= 0.6 is 0 Å². The zero-order valence-corrected chi connectivity index (χ0v) is 8.90. The molecule has 2 N–H and O–H groups in total. The SMILES string of the molecule is CCC(CC)Nc1cncc(C(=O)O)n1. The predicted octanol–water partition coefficient (Wildman–Crippen LogP) is 1.78. The minimum absolute atomic E-state index is 0.0362. The van der Waals surface area contributed by atoms with Gasteiger partial charge in [-0.3, -0.25) is 4.98 Å². The smallest absolute Gasteiger partial charge is 0.356 e. The van der Waals surface area contributed by atoms with Crippen molar-refractivity contribution in [1.82, 2.24) is 9.97 Å². The first kappa shape index (κ1) is 11.4. The number of rotatable bonds is 5. The molecular weight excluding hydrogens is 194 g/mol. The van der Waals surface area contributed by atoms with E-state index in [0.29, 0.717) is 11.9 Å². The quantitative estimate of drug-likeness (QED) is 0.773. The fourth-order valence-electron chi connectivity index (χ4n) is 1.24. The van der Waals surface area contributed by atoms with E-state index in [0.717, 1.165) is 12.8 Å². The fourth-order valence-corrected chi connectivity index (χ4v) is 1.24. The Balaban J connectivity index is 2.77. The highest BCUT2D eigenvalue weighted by atomic mass is 16.4. The number of nitrogens with zero attached hydrogens (tertiary/aromatic N) is 2. The average molecular weight is 209 g/mol. The fraction of sp³-hybridized carbons (Fsp3) is 0.500. The molecule has 0 aliphatic heterocycles. The maximum atomic E-state index is 10.6. The van der Waals surface area contributed by atoms with Crippen LogP contribution in [0.1, 0.15) is 37.2 Å². The number of carboxylic acid groups (broad SMARTS) is 1. The van der Waals surface area contributed by atoms with Gasteiger partial charge in [-0.25, -0.2) is 9.78 Å². The van der Waals surface area contributed by atoms with Gasteiger partial charge in [-0.15, -0.1) is 0 Å². The lowest BCUT2D eigenvalue weighted by Crippen LogP contribution is -2.18. The molecule has 0 radical (unpaired) electrons. The lowest BCUT2D eigenvalue weighted by molar-refractivity contribution is 0.0690. The van der Waals surface area contributed by atoms with Gasteiger partial charge < -0.3 is 10.4 Å². The third-order valence-corrected chi connectivity index (χ3v) is 2.19. The zero-order valence-electron chi connectivity index (χ0n) is 8.90. The summed E-state index contributed by atoms with van der Waals surface area (Å²) >= 11 is 0. The van der Waals surface area contributed by atoms with Gasteiger partial charge >= 0.3 is 5.97 Å². The molecule has 82 valence electrons. The molecule has 1 heterocycles. The highest BCUT2D eigenvalue weighted by Gasteiger charge is 2.08. The molecule has 0 fully saturated rings. The molecule has 0 bridgehead atoms. The molecule has 0 amide bonds. The minimum atomic E-state index is -1.06. The van der Waals surface area contributed by atoms with Crippen molar-refractivity contribution >= 4 is 11.8 Å². The molecule has 0 aromatic carbocycles. The van der Waals surface area contributed by atoms with Gasteiger partial charge in [-0.05, 0) is 12.8 Å². The topological polar surface area (TPSA) is 75.1 Å². The molecule has 1 aromatic rings. The van der Waals surface area contributed by atoms with Crippen molar-refractivity contribution in [3.05, 3.63) is 18.1 Å². The number of nitrogens with one attached hydrogen (secondary N) is 1. The Kier molecular flexibility index (Phi) is 4.03. The third kappa shape index (κ3) is 3.19. The van der Waals surface area contributed by atoms with Gasteiger partial charge in [0.15, 0.2) is 5.69 Å². The second-order valence-electron chi connectivity index (χ2n) is 3.25. The van der Waals surface area contributed by atoms with Crippen LogP contribution in [0.2, 0.25) is 0 Å². The molecule has 5 nitrogen and oxygen atoms in total. The first-order chi connectivity index (χ1) is 7.17. The third-order valence-electron chi connectivity index (χ3n) is 2.19. The molecule has 0 aliphatic carbocycles. The number of carbonyl (C=O) groups is 1. The van der Waals surface area contributed by atoms with Crippen molar-refractivity contribution in [2.45, 2.75) is 32.7 Å². The van der Waals surface area contributed by atoms with Gasteiger partial charge in [-0.2, -0.15) is 0 Å². The molecule has 1 rings (SSSR count). The van der Waals surface area contributed by atoms with Crippen molar-refractivity contribution in [3.8, 4) is 0 Å². The summed E-state index contributed by atoms with van der Waals surface area (Å²) in [7, 11) is 0. The number of carboxylic acids is 1. The largest absolute Gasteiger partial charge is 0.476 e. The molecule has 0 atom stereocenters. The summed E-state index contributed by atoms with van der Waals surface area (Å²) in [5.74, 6) is -0.542. The van der Waals surface area contributed by atoms with Crippen molar-refractivity contribution in [1.29, 1.82) is 0 Å². The van der Waals surface area contributed by atoms with Gasteiger partial charge in [0.2, 0.25) is 0 Å². The van der Waals surface area contributed by atoms with Crippen LogP contribution in [0.15, 0.2) is 12.4 Å². The number of anilines is 1. The van der Waals surface area contributed by atoms with Crippen molar-refractivity contribution in [2.75, 3.05) is 5.32 Å². The highest BCUT2D eigenvalue weighted by Crippen LogP contribution is 2.08. The Morgan fingerprint density at radius 2 is 2.13 bits per heavy atom. The van der Waals surface area contributed by atoms with Crippen molar-refractivity contribution < 1.29 is 9.90 Å². The standard InChI is InChI=1S/C10H15N3O2/c1-3-7(4-2)12-9-6-11-5-8(13-9)10(14)15/h5-7H,3-4H2,1-2H3,(H,12,13)(H,14,15). The predicted molar refractivity (Wildman–Crippen MR) is 57.0 cm³/mol. The Morgan fingerprint density at radius 1 is 1.47 bits per heavy atom. The minimum Gasteiger partial charge on any atom is -0.476 e. The first-order valence-electron chi connectivity index (χ1n) is 4.99. The molecule has 15 heavy (non-hydrogen) atoms. The van der Waals surface area contributed by atoms with Gasteiger partial charge in [-0.1, -0.05) is 13.8 Å². The van der Waals surface area contributed by atoms with Gasteiger partial charge in [0.25, 0.3) is 0 Å². The van der Waals surface area contributed by atoms with Gasteiger partial charge in [0.05, 0.1) is 12.4 Å². The first-order valence-corrected chi connectivity index (χ1v) is 4.99.